The number of hydrogen-bond donors (Lipinski definition) is 2. The molecule has 0 aliphatic rings. The van der Waals surface area contributed by atoms with E-state index in [4.69, 9.17) is 16.3 Å². The predicted molar refractivity (Wildman–Crippen MR) is 64.6 cm³/mol. The molecule has 4 nitrogen and oxygen atoms in total. The molecule has 1 atom stereocenters. The molecule has 5 heteroatoms. The Labute approximate surface area is 101 Å². The Hall–Kier alpha value is -0.810. The summed E-state index contributed by atoms with van der Waals surface area (Å²) in [5.41, 5.74) is 2.97. The van der Waals surface area contributed by atoms with Crippen LogP contribution in [0.4, 0.5) is 0 Å². The van der Waals surface area contributed by atoms with Gasteiger partial charge >= 0.3 is 0 Å². The van der Waals surface area contributed by atoms with Crippen molar-refractivity contribution in [3.8, 4) is 5.75 Å². The maximum atomic E-state index is 9.59. The van der Waals surface area contributed by atoms with Gasteiger partial charge in [0.25, 0.3) is 0 Å². The van der Waals surface area contributed by atoms with Crippen molar-refractivity contribution in [2.45, 2.75) is 6.10 Å². The molecule has 1 aromatic rings. The predicted octanol–water partition coefficient (Wildman–Crippen LogP) is 1.15. The van der Waals surface area contributed by atoms with Crippen LogP contribution in [0.5, 0.6) is 5.75 Å². The summed E-state index contributed by atoms with van der Waals surface area (Å²) in [6, 6.07) is 7.20. The minimum absolute atomic E-state index is 0.213. The first-order valence-electron chi connectivity index (χ1n) is 5.06. The van der Waals surface area contributed by atoms with Crippen LogP contribution < -0.4 is 10.2 Å². The number of para-hydroxylation sites is 1. The number of nitrogens with zero attached hydrogens (tertiary/aromatic N) is 1. The summed E-state index contributed by atoms with van der Waals surface area (Å²) in [6.45, 7) is 0.655. The Kier molecular flexibility index (Phi) is 5.55. The number of aliphatic hydroxyl groups is 1. The zero-order valence-corrected chi connectivity index (χ0v) is 10.2. The van der Waals surface area contributed by atoms with E-state index in [-0.39, 0.29) is 6.61 Å². The molecular formula is C11H17ClN2O2. The first kappa shape index (κ1) is 13.3. The highest BCUT2D eigenvalue weighted by molar-refractivity contribution is 6.32. The van der Waals surface area contributed by atoms with E-state index in [2.05, 4.69) is 5.43 Å². The molecule has 0 heterocycles. The molecule has 0 aromatic heterocycles. The molecule has 0 saturated carbocycles. The number of hydrogen-bond acceptors (Lipinski definition) is 4. The highest BCUT2D eigenvalue weighted by Crippen LogP contribution is 2.22. The summed E-state index contributed by atoms with van der Waals surface area (Å²) in [6.07, 6.45) is -0.571. The monoisotopic (exact) mass is 244 g/mol. The van der Waals surface area contributed by atoms with Crippen LogP contribution in [0.1, 0.15) is 0 Å². The smallest absolute Gasteiger partial charge is 0.138 e. The molecule has 1 aromatic carbocycles. The summed E-state index contributed by atoms with van der Waals surface area (Å²) in [7, 11) is 3.73. The van der Waals surface area contributed by atoms with Crippen LogP contribution in [0.3, 0.4) is 0 Å². The molecule has 1 rings (SSSR count). The lowest BCUT2D eigenvalue weighted by atomic mass is 10.3. The van der Waals surface area contributed by atoms with Gasteiger partial charge in [0, 0.05) is 20.6 Å². The van der Waals surface area contributed by atoms with Crippen LogP contribution in [0.25, 0.3) is 0 Å². The van der Waals surface area contributed by atoms with Gasteiger partial charge in [-0.25, -0.2) is 0 Å². The minimum Gasteiger partial charge on any atom is -0.489 e. The number of hydrazine groups is 1. The fourth-order valence-electron chi connectivity index (χ4n) is 1.09. The standard InChI is InChI=1S/C11H17ClN2O2/c1-14(2)13-7-9(15)8-16-11-6-4-3-5-10(11)12/h3-6,9,13,15H,7-8H2,1-2H3. The van der Waals surface area contributed by atoms with Crippen LogP contribution in [0.15, 0.2) is 24.3 Å². The Morgan fingerprint density at radius 2 is 2.12 bits per heavy atom. The Morgan fingerprint density at radius 1 is 1.44 bits per heavy atom. The van der Waals surface area contributed by atoms with Gasteiger partial charge in [0.05, 0.1) is 5.02 Å². The third-order valence-electron chi connectivity index (χ3n) is 1.91. The van der Waals surface area contributed by atoms with Crippen LogP contribution in [0, 0.1) is 0 Å². The van der Waals surface area contributed by atoms with Crippen molar-refractivity contribution in [2.75, 3.05) is 27.2 Å². The second-order valence-corrected chi connectivity index (χ2v) is 4.06. The molecule has 2 N–H and O–H groups in total. The van der Waals surface area contributed by atoms with Gasteiger partial charge in [0.2, 0.25) is 0 Å². The number of ether oxygens (including phenoxy) is 1. The third-order valence-corrected chi connectivity index (χ3v) is 2.22. The zero-order chi connectivity index (χ0) is 12.0. The molecule has 90 valence electrons. The van der Waals surface area contributed by atoms with E-state index in [0.29, 0.717) is 17.3 Å². The molecule has 0 spiro atoms. The topological polar surface area (TPSA) is 44.7 Å². The normalized spacial score (nSPS) is 12.8. The van der Waals surface area contributed by atoms with E-state index in [9.17, 15) is 5.11 Å². The third kappa shape index (κ3) is 4.81. The maximum absolute atomic E-state index is 9.59. The average molecular weight is 245 g/mol. The lowest BCUT2D eigenvalue weighted by molar-refractivity contribution is 0.0885. The summed E-state index contributed by atoms with van der Waals surface area (Å²) >= 11 is 5.90. The van der Waals surface area contributed by atoms with E-state index >= 15 is 0 Å². The van der Waals surface area contributed by atoms with Crippen LogP contribution in [-0.2, 0) is 0 Å². The van der Waals surface area contributed by atoms with Crippen molar-refractivity contribution in [1.82, 2.24) is 10.4 Å². The largest absolute Gasteiger partial charge is 0.489 e. The quantitative estimate of drug-likeness (QED) is 0.737. The van der Waals surface area contributed by atoms with Gasteiger partial charge < -0.3 is 9.84 Å². The van der Waals surface area contributed by atoms with Crippen molar-refractivity contribution < 1.29 is 9.84 Å². The van der Waals surface area contributed by atoms with Crippen LogP contribution in [-0.4, -0.2) is 43.5 Å². The number of nitrogens with one attached hydrogen (secondary N) is 1. The van der Waals surface area contributed by atoms with Crippen molar-refractivity contribution in [3.05, 3.63) is 29.3 Å². The zero-order valence-electron chi connectivity index (χ0n) is 9.48. The lowest BCUT2D eigenvalue weighted by Gasteiger charge is -2.17. The molecular weight excluding hydrogens is 228 g/mol. The minimum atomic E-state index is -0.571. The van der Waals surface area contributed by atoms with E-state index in [0.717, 1.165) is 0 Å². The molecule has 0 saturated heterocycles. The molecule has 16 heavy (non-hydrogen) atoms. The van der Waals surface area contributed by atoms with E-state index in [1.807, 2.05) is 26.2 Å². The van der Waals surface area contributed by atoms with Gasteiger partial charge in [-0.15, -0.1) is 0 Å². The van der Waals surface area contributed by atoms with Crippen molar-refractivity contribution in [1.29, 1.82) is 0 Å². The average Bonchev–Trinajstić information content (AvgIpc) is 2.25. The Bertz CT molecular complexity index is 321. The molecule has 0 bridgehead atoms. The Morgan fingerprint density at radius 3 is 2.75 bits per heavy atom. The van der Waals surface area contributed by atoms with Gasteiger partial charge in [0.1, 0.15) is 18.5 Å². The van der Waals surface area contributed by atoms with E-state index in [1.54, 1.807) is 17.1 Å². The van der Waals surface area contributed by atoms with Gasteiger partial charge in [0.15, 0.2) is 0 Å². The van der Waals surface area contributed by atoms with Crippen LogP contribution >= 0.6 is 11.6 Å². The van der Waals surface area contributed by atoms with Gasteiger partial charge in [-0.05, 0) is 12.1 Å². The van der Waals surface area contributed by atoms with E-state index < -0.39 is 6.10 Å². The summed E-state index contributed by atoms with van der Waals surface area (Å²) in [5, 5.41) is 11.9. The molecule has 0 radical (unpaired) electrons. The second kappa shape index (κ2) is 6.70. The Balaban J connectivity index is 2.31. The number of halogens is 1. The maximum Gasteiger partial charge on any atom is 0.138 e. The first-order valence-corrected chi connectivity index (χ1v) is 5.43. The summed E-state index contributed by atoms with van der Waals surface area (Å²) in [4.78, 5) is 0. The molecule has 0 aliphatic heterocycles. The number of benzene rings is 1. The van der Waals surface area contributed by atoms with E-state index in [1.165, 1.54) is 0 Å². The van der Waals surface area contributed by atoms with Crippen molar-refractivity contribution in [2.24, 2.45) is 0 Å². The lowest BCUT2D eigenvalue weighted by Crippen LogP contribution is -2.39. The fraction of sp³-hybridized carbons (Fsp3) is 0.455. The summed E-state index contributed by atoms with van der Waals surface area (Å²) < 4.78 is 5.39. The highest BCUT2D eigenvalue weighted by Gasteiger charge is 2.06. The van der Waals surface area contributed by atoms with Crippen molar-refractivity contribution >= 4 is 11.6 Å². The second-order valence-electron chi connectivity index (χ2n) is 3.65. The SMILES string of the molecule is CN(C)NCC(O)COc1ccccc1Cl. The number of rotatable bonds is 6. The molecule has 0 fully saturated rings. The number of aliphatic hydroxyl groups excluding tert-OH is 1. The molecule has 0 aliphatic carbocycles. The van der Waals surface area contributed by atoms with Gasteiger partial charge in [-0.3, -0.25) is 10.4 Å². The first-order chi connectivity index (χ1) is 7.59. The molecule has 1 unspecified atom stereocenters. The van der Waals surface area contributed by atoms with Crippen LogP contribution in [0.2, 0.25) is 5.02 Å². The highest BCUT2D eigenvalue weighted by atomic mass is 35.5. The van der Waals surface area contributed by atoms with Gasteiger partial charge in [-0.1, -0.05) is 23.7 Å². The fourth-order valence-corrected chi connectivity index (χ4v) is 1.28. The summed E-state index contributed by atoms with van der Waals surface area (Å²) in [5.74, 6) is 0.591. The van der Waals surface area contributed by atoms with Crippen molar-refractivity contribution in [3.63, 3.8) is 0 Å². The van der Waals surface area contributed by atoms with Gasteiger partial charge in [-0.2, -0.15) is 0 Å². The molecule has 0 amide bonds.